The average molecular weight is 574 g/mol. The number of hydrogen-bond acceptors (Lipinski definition) is 5. The summed E-state index contributed by atoms with van der Waals surface area (Å²) in [4.78, 5) is 14.3. The highest BCUT2D eigenvalue weighted by atomic mass is 31.0. The summed E-state index contributed by atoms with van der Waals surface area (Å²) in [6.45, 7) is 12.9. The number of benzene rings is 4. The molecule has 0 spiro atoms. The van der Waals surface area contributed by atoms with Crippen molar-refractivity contribution in [1.29, 1.82) is 0 Å². The van der Waals surface area contributed by atoms with Crippen LogP contribution in [0.25, 0.3) is 43.2 Å². The lowest BCUT2D eigenvalue weighted by Gasteiger charge is -2.19. The Bertz CT molecular complexity index is 1720. The number of nitrogens with zero attached hydrogens (tertiary/aromatic N) is 3. The molecule has 0 saturated carbocycles. The van der Waals surface area contributed by atoms with Gasteiger partial charge in [-0.25, -0.2) is 0 Å². The lowest BCUT2D eigenvalue weighted by atomic mass is 9.86. The molecule has 0 atom stereocenters. The predicted molar refractivity (Wildman–Crippen MR) is 177 cm³/mol. The minimum atomic E-state index is -0.149. The Kier molecular flexibility index (Phi) is 7.99. The fraction of sp³-hybridized carbons (Fsp3) is 0.222. The van der Waals surface area contributed by atoms with Crippen LogP contribution in [0, 0.1) is 0 Å². The Morgan fingerprint density at radius 2 is 0.905 bits per heavy atom. The van der Waals surface area contributed by atoms with Gasteiger partial charge in [0.25, 0.3) is 0 Å². The van der Waals surface area contributed by atoms with Crippen LogP contribution in [0.15, 0.2) is 97.2 Å². The van der Waals surface area contributed by atoms with Crippen molar-refractivity contribution >= 4 is 51.4 Å². The van der Waals surface area contributed by atoms with Crippen LogP contribution in [0.5, 0.6) is 11.5 Å². The lowest BCUT2D eigenvalue weighted by Crippen LogP contribution is -2.10. The van der Waals surface area contributed by atoms with E-state index >= 15 is 0 Å². The Morgan fingerprint density at radius 3 is 1.38 bits per heavy atom. The number of para-hydroxylation sites is 3. The Labute approximate surface area is 248 Å². The van der Waals surface area contributed by atoms with Crippen molar-refractivity contribution in [2.24, 2.45) is 0 Å². The molecule has 0 amide bonds. The third-order valence-corrected chi connectivity index (χ3v) is 8.27. The number of phenols is 2. The van der Waals surface area contributed by atoms with E-state index < -0.39 is 0 Å². The van der Waals surface area contributed by atoms with E-state index in [-0.39, 0.29) is 22.3 Å². The highest BCUT2D eigenvalue weighted by molar-refractivity contribution is 7.36. The predicted octanol–water partition coefficient (Wildman–Crippen LogP) is 9.88. The van der Waals surface area contributed by atoms with Crippen LogP contribution in [-0.4, -0.2) is 25.2 Å². The van der Waals surface area contributed by atoms with Crippen LogP contribution in [0.4, 0.5) is 0 Å². The maximum absolute atomic E-state index is 11.3. The first-order valence-corrected chi connectivity index (χ1v) is 15.0. The number of aromatic nitrogens is 3. The molecule has 5 aromatic rings. The van der Waals surface area contributed by atoms with Crippen LogP contribution in [0.3, 0.4) is 0 Å². The maximum atomic E-state index is 11.3. The highest BCUT2D eigenvalue weighted by Crippen LogP contribution is 2.34. The molecule has 0 saturated heterocycles. The lowest BCUT2D eigenvalue weighted by molar-refractivity contribution is 0.485. The zero-order chi connectivity index (χ0) is 30.1. The number of aromatic hydroxyl groups is 2. The van der Waals surface area contributed by atoms with Crippen LogP contribution in [0.1, 0.15) is 52.7 Å². The van der Waals surface area contributed by atoms with E-state index in [2.05, 4.69) is 41.5 Å². The van der Waals surface area contributed by atoms with Gasteiger partial charge in [0, 0.05) is 45.3 Å². The molecule has 6 heteroatoms. The first-order chi connectivity index (χ1) is 19.9. The molecule has 1 aromatic heterocycles. The van der Waals surface area contributed by atoms with Gasteiger partial charge < -0.3 is 10.2 Å². The van der Waals surface area contributed by atoms with Gasteiger partial charge in [-0.1, -0.05) is 74.0 Å². The molecule has 5 rings (SSSR count). The average Bonchev–Trinajstić information content (AvgIpc) is 2.94. The van der Waals surface area contributed by atoms with Gasteiger partial charge in [0.05, 0.1) is 16.6 Å². The molecule has 2 N–H and O–H groups in total. The maximum Gasteiger partial charge on any atom is 0.133 e. The smallest absolute Gasteiger partial charge is 0.133 e. The SMILES string of the molecule is CC(C)(C)c1cc2cnc3ccccc3ncc3cc(C(C)(C)C)cc(cpc4ccccc4ncc(c1)c2O)c3O. The molecule has 0 aliphatic carbocycles. The van der Waals surface area contributed by atoms with E-state index in [9.17, 15) is 10.2 Å². The molecule has 42 heavy (non-hydrogen) atoms. The summed E-state index contributed by atoms with van der Waals surface area (Å²) in [6.07, 6.45) is 5.09. The molecule has 0 aliphatic rings. The molecule has 0 radical (unpaired) electrons. The van der Waals surface area contributed by atoms with Gasteiger partial charge in [-0.15, -0.1) is 0 Å². The van der Waals surface area contributed by atoms with Gasteiger partial charge in [0.15, 0.2) is 0 Å². The van der Waals surface area contributed by atoms with Crippen LogP contribution in [0.2, 0.25) is 0 Å². The summed E-state index contributed by atoms with van der Waals surface area (Å²) in [5, 5.41) is 26.2. The summed E-state index contributed by atoms with van der Waals surface area (Å²) < 4.78 is 0. The van der Waals surface area contributed by atoms with E-state index in [4.69, 9.17) is 15.0 Å². The van der Waals surface area contributed by atoms with Crippen molar-refractivity contribution in [3.63, 3.8) is 0 Å². The largest absolute Gasteiger partial charge is 0.507 e. The molecule has 4 aromatic carbocycles. The van der Waals surface area contributed by atoms with Gasteiger partial charge >= 0.3 is 0 Å². The Morgan fingerprint density at radius 1 is 0.524 bits per heavy atom. The number of rotatable bonds is 0. The Hall–Kier alpha value is -4.34. The monoisotopic (exact) mass is 573 g/mol. The van der Waals surface area contributed by atoms with Crippen molar-refractivity contribution < 1.29 is 10.2 Å². The normalized spacial score (nSPS) is 12.0. The fourth-order valence-electron chi connectivity index (χ4n) is 4.54. The van der Waals surface area contributed by atoms with E-state index in [1.165, 1.54) is 0 Å². The van der Waals surface area contributed by atoms with E-state index in [0.717, 1.165) is 35.3 Å². The standard InChI is InChI=1S/C36H36N3O2P/c1-35(2,3)27-15-23-19-37-29-11-7-8-12-30(29)38-20-25-17-28(36(4,5)6)18-26(34(25)41)22-42-32-14-10-9-13-31(32)39-21-24(16-27)33(23)40/h7-22,40-41H,1-6H3. The van der Waals surface area contributed by atoms with Crippen molar-refractivity contribution in [3.05, 3.63) is 108 Å². The number of phenolic OH excluding ortho intramolecular Hbond substituents is 2. The molecule has 1 heterocycles. The number of hydrogen-bond donors (Lipinski definition) is 2. The minimum Gasteiger partial charge on any atom is -0.507 e. The van der Waals surface area contributed by atoms with Crippen molar-refractivity contribution in [2.45, 2.75) is 52.4 Å². The third kappa shape index (κ3) is 6.42. The first kappa shape index (κ1) is 29.2. The summed E-state index contributed by atoms with van der Waals surface area (Å²) in [5.74, 6) is 2.30. The first-order valence-electron chi connectivity index (χ1n) is 14.0. The second-order valence-corrected chi connectivity index (χ2v) is 13.5. The molecular formula is C36H36N3O2P. The summed E-state index contributed by atoms with van der Waals surface area (Å²) in [5.41, 5.74) is 3.97. The summed E-state index contributed by atoms with van der Waals surface area (Å²) >= 11 is 0. The van der Waals surface area contributed by atoms with E-state index in [1.54, 1.807) is 18.6 Å². The van der Waals surface area contributed by atoms with Crippen LogP contribution < -0.4 is 0 Å². The summed E-state index contributed by atoms with van der Waals surface area (Å²) in [7, 11) is 0.877. The Balaban J connectivity index is 1.98. The highest BCUT2D eigenvalue weighted by Gasteiger charge is 2.17. The summed E-state index contributed by atoms with van der Waals surface area (Å²) in [6, 6.07) is 23.5. The van der Waals surface area contributed by atoms with Crippen LogP contribution in [-0.2, 0) is 10.8 Å². The molecule has 0 fully saturated rings. The number of fused-ring (bicyclic) bond motifs is 6. The van der Waals surface area contributed by atoms with Gasteiger partial charge in [0.2, 0.25) is 0 Å². The second kappa shape index (κ2) is 11.5. The molecular weight excluding hydrogens is 537 g/mol. The van der Waals surface area contributed by atoms with Crippen molar-refractivity contribution in [2.75, 3.05) is 0 Å². The molecule has 5 nitrogen and oxygen atoms in total. The third-order valence-electron chi connectivity index (χ3n) is 7.20. The van der Waals surface area contributed by atoms with Crippen molar-refractivity contribution in [3.8, 4) is 11.5 Å². The topological polar surface area (TPSA) is 79.1 Å². The zero-order valence-electron chi connectivity index (χ0n) is 24.9. The molecule has 212 valence electrons. The van der Waals surface area contributed by atoms with E-state index in [0.29, 0.717) is 27.2 Å². The molecule has 4 bridgehead atoms. The van der Waals surface area contributed by atoms with Gasteiger partial charge in [-0.2, -0.15) is 0 Å². The minimum absolute atomic E-state index is 0.119. The fourth-order valence-corrected chi connectivity index (χ4v) is 5.45. The zero-order valence-corrected chi connectivity index (χ0v) is 25.8. The van der Waals surface area contributed by atoms with Gasteiger partial charge in [-0.05, 0) is 76.3 Å². The molecule has 0 aliphatic heterocycles. The van der Waals surface area contributed by atoms with Gasteiger partial charge in [0.1, 0.15) is 11.5 Å². The van der Waals surface area contributed by atoms with E-state index in [1.807, 2.05) is 78.6 Å². The van der Waals surface area contributed by atoms with Crippen molar-refractivity contribution in [1.82, 2.24) is 15.0 Å². The van der Waals surface area contributed by atoms with Gasteiger partial charge in [-0.3, -0.25) is 15.0 Å². The quantitative estimate of drug-likeness (QED) is 0.193. The second-order valence-electron chi connectivity index (χ2n) is 12.5. The molecule has 0 unspecified atom stereocenters. The van der Waals surface area contributed by atoms with Crippen LogP contribution >= 0.6 is 8.19 Å².